The lowest BCUT2D eigenvalue weighted by Crippen LogP contribution is -2.26. The summed E-state index contributed by atoms with van der Waals surface area (Å²) in [5, 5.41) is 5.78. The van der Waals surface area contributed by atoms with Crippen molar-refractivity contribution in [3.05, 3.63) is 53.6 Å². The lowest BCUT2D eigenvalue weighted by Gasteiger charge is -2.15. The Morgan fingerprint density at radius 2 is 1.80 bits per heavy atom. The highest BCUT2D eigenvalue weighted by molar-refractivity contribution is 6.20. The second kappa shape index (κ2) is 9.91. The number of ether oxygens (including phenoxy) is 2. The number of nitrogens with zero attached hydrogens (tertiary/aromatic N) is 1. The Kier molecular flexibility index (Phi) is 7.06. The van der Waals surface area contributed by atoms with E-state index in [9.17, 15) is 9.59 Å². The highest BCUT2D eigenvalue weighted by atomic mass is 16.5. The smallest absolute Gasteiger partial charge is 0.249 e. The number of carbonyl (C=O) groups excluding carboxylic acids is 2. The van der Waals surface area contributed by atoms with Crippen LogP contribution in [-0.2, 0) is 9.59 Å². The number of nitrogens with one attached hydrogen (secondary N) is 2. The molecule has 0 aromatic heterocycles. The molecule has 1 atom stereocenters. The van der Waals surface area contributed by atoms with E-state index >= 15 is 0 Å². The largest absolute Gasteiger partial charge is 0.493 e. The number of rotatable bonds is 8. The van der Waals surface area contributed by atoms with Crippen LogP contribution in [-0.4, -0.2) is 44.3 Å². The molecule has 1 unspecified atom stereocenters. The predicted octanol–water partition coefficient (Wildman–Crippen LogP) is 3.17. The third-order valence-electron chi connectivity index (χ3n) is 4.95. The summed E-state index contributed by atoms with van der Waals surface area (Å²) in [4.78, 5) is 28.8. The Morgan fingerprint density at radius 3 is 2.47 bits per heavy atom. The van der Waals surface area contributed by atoms with Gasteiger partial charge in [0.05, 0.1) is 25.6 Å². The molecule has 158 valence electrons. The second-order valence-electron chi connectivity index (χ2n) is 7.08. The number of carbonyl (C=O) groups is 2. The van der Waals surface area contributed by atoms with Crippen LogP contribution in [0.2, 0.25) is 0 Å². The maximum Gasteiger partial charge on any atom is 0.249 e. The number of fused-ring (bicyclic) bond motifs is 1. The van der Waals surface area contributed by atoms with Crippen LogP contribution in [0.5, 0.6) is 11.5 Å². The first-order valence-electron chi connectivity index (χ1n) is 9.98. The summed E-state index contributed by atoms with van der Waals surface area (Å²) in [7, 11) is 3.14. The molecule has 0 saturated heterocycles. The maximum atomic E-state index is 12.9. The van der Waals surface area contributed by atoms with Gasteiger partial charge in [-0.2, -0.15) is 0 Å². The SMILES string of the molecule is COc1cc2c(cc1OC)C(c1ccccc1)=NC(CCCCNC(C)=O)C(=O)N2. The Labute approximate surface area is 176 Å². The van der Waals surface area contributed by atoms with Gasteiger partial charge < -0.3 is 20.1 Å². The fourth-order valence-corrected chi connectivity index (χ4v) is 3.43. The number of benzodiazepines with no additional fused rings is 1. The Morgan fingerprint density at radius 1 is 1.10 bits per heavy atom. The first kappa shape index (κ1) is 21.4. The minimum absolute atomic E-state index is 0.0510. The van der Waals surface area contributed by atoms with Crippen LogP contribution in [0.4, 0.5) is 5.69 Å². The molecule has 30 heavy (non-hydrogen) atoms. The van der Waals surface area contributed by atoms with Crippen molar-refractivity contribution in [3.63, 3.8) is 0 Å². The summed E-state index contributed by atoms with van der Waals surface area (Å²) in [6.07, 6.45) is 2.14. The van der Waals surface area contributed by atoms with Crippen molar-refractivity contribution in [1.29, 1.82) is 0 Å². The number of methoxy groups -OCH3 is 2. The van der Waals surface area contributed by atoms with E-state index in [1.54, 1.807) is 20.3 Å². The molecule has 0 fully saturated rings. The van der Waals surface area contributed by atoms with E-state index in [0.717, 1.165) is 29.7 Å². The molecule has 7 heteroatoms. The number of aliphatic imine (C=N–C) groups is 1. The van der Waals surface area contributed by atoms with Gasteiger partial charge >= 0.3 is 0 Å². The minimum atomic E-state index is -0.526. The standard InChI is InChI=1S/C23H27N3O4/c1-15(27)24-12-8-7-11-18-23(28)26-19-14-21(30-3)20(29-2)13-17(19)22(25-18)16-9-5-4-6-10-16/h4-6,9-10,13-14,18H,7-8,11-12H2,1-3H3,(H,24,27)(H,26,28). The molecule has 2 amide bonds. The van der Waals surface area contributed by atoms with Crippen LogP contribution in [0.3, 0.4) is 0 Å². The molecule has 7 nitrogen and oxygen atoms in total. The fraction of sp³-hybridized carbons (Fsp3) is 0.348. The summed E-state index contributed by atoms with van der Waals surface area (Å²) in [6.45, 7) is 2.09. The van der Waals surface area contributed by atoms with Crippen LogP contribution in [0, 0.1) is 0 Å². The van der Waals surface area contributed by atoms with Crippen LogP contribution in [0.15, 0.2) is 47.5 Å². The van der Waals surface area contributed by atoms with E-state index in [2.05, 4.69) is 10.6 Å². The zero-order valence-electron chi connectivity index (χ0n) is 17.5. The molecule has 1 aliphatic rings. The molecular weight excluding hydrogens is 382 g/mol. The number of anilines is 1. The van der Waals surface area contributed by atoms with Gasteiger partial charge in [-0.25, -0.2) is 0 Å². The average Bonchev–Trinajstić information content (AvgIpc) is 2.88. The van der Waals surface area contributed by atoms with Crippen molar-refractivity contribution in [2.75, 3.05) is 26.1 Å². The minimum Gasteiger partial charge on any atom is -0.493 e. The van der Waals surface area contributed by atoms with Crippen molar-refractivity contribution in [2.24, 2.45) is 4.99 Å². The van der Waals surface area contributed by atoms with Crippen molar-refractivity contribution in [1.82, 2.24) is 5.32 Å². The second-order valence-corrected chi connectivity index (χ2v) is 7.08. The molecular formula is C23H27N3O4. The van der Waals surface area contributed by atoms with Crippen LogP contribution >= 0.6 is 0 Å². The summed E-state index contributed by atoms with van der Waals surface area (Å²) in [6, 6.07) is 12.9. The van der Waals surface area contributed by atoms with Crippen LogP contribution < -0.4 is 20.1 Å². The maximum absolute atomic E-state index is 12.9. The molecule has 3 rings (SSSR count). The van der Waals surface area contributed by atoms with E-state index in [1.807, 2.05) is 36.4 Å². The van der Waals surface area contributed by atoms with Crippen LogP contribution in [0.25, 0.3) is 0 Å². The lowest BCUT2D eigenvalue weighted by atomic mass is 9.99. The normalized spacial score (nSPS) is 15.4. The zero-order chi connectivity index (χ0) is 21.5. The van der Waals surface area contributed by atoms with Gasteiger partial charge in [-0.15, -0.1) is 0 Å². The average molecular weight is 409 g/mol. The topological polar surface area (TPSA) is 89.0 Å². The zero-order valence-corrected chi connectivity index (χ0v) is 17.5. The lowest BCUT2D eigenvalue weighted by molar-refractivity contribution is -0.119. The van der Waals surface area contributed by atoms with Crippen LogP contribution in [0.1, 0.15) is 37.3 Å². The first-order chi connectivity index (χ1) is 14.5. The molecule has 1 aliphatic heterocycles. The molecule has 0 aliphatic carbocycles. The quantitative estimate of drug-likeness (QED) is 0.656. The van der Waals surface area contributed by atoms with Gasteiger partial charge in [0.2, 0.25) is 11.8 Å². The van der Waals surface area contributed by atoms with E-state index in [-0.39, 0.29) is 11.8 Å². The molecule has 2 N–H and O–H groups in total. The molecule has 0 spiro atoms. The van der Waals surface area contributed by atoms with Gasteiger partial charge in [-0.3, -0.25) is 14.6 Å². The van der Waals surface area contributed by atoms with Crippen molar-refractivity contribution in [2.45, 2.75) is 32.2 Å². The van der Waals surface area contributed by atoms with Crippen molar-refractivity contribution >= 4 is 23.2 Å². The number of hydrogen-bond donors (Lipinski definition) is 2. The number of benzene rings is 2. The van der Waals surface area contributed by atoms with Crippen molar-refractivity contribution in [3.8, 4) is 11.5 Å². The number of hydrogen-bond acceptors (Lipinski definition) is 5. The summed E-state index contributed by atoms with van der Waals surface area (Å²) < 4.78 is 10.9. The first-order valence-corrected chi connectivity index (χ1v) is 9.98. The van der Waals surface area contributed by atoms with E-state index < -0.39 is 6.04 Å². The molecule has 0 radical (unpaired) electrons. The molecule has 0 bridgehead atoms. The van der Waals surface area contributed by atoms with E-state index in [4.69, 9.17) is 14.5 Å². The Balaban J connectivity index is 1.95. The Hall–Kier alpha value is -3.35. The van der Waals surface area contributed by atoms with Gasteiger partial charge in [0.25, 0.3) is 0 Å². The van der Waals surface area contributed by atoms with Gasteiger partial charge in [-0.1, -0.05) is 30.3 Å². The van der Waals surface area contributed by atoms with E-state index in [0.29, 0.717) is 30.2 Å². The third-order valence-corrected chi connectivity index (χ3v) is 4.95. The highest BCUT2D eigenvalue weighted by Gasteiger charge is 2.27. The monoisotopic (exact) mass is 409 g/mol. The van der Waals surface area contributed by atoms with Gasteiger partial charge in [0, 0.05) is 30.7 Å². The molecule has 2 aromatic carbocycles. The summed E-state index contributed by atoms with van der Waals surface area (Å²) >= 11 is 0. The van der Waals surface area contributed by atoms with Gasteiger partial charge in [-0.05, 0) is 25.3 Å². The number of unbranched alkanes of at least 4 members (excludes halogenated alkanes) is 1. The number of amides is 2. The van der Waals surface area contributed by atoms with Crippen molar-refractivity contribution < 1.29 is 19.1 Å². The molecule has 0 saturated carbocycles. The predicted molar refractivity (Wildman–Crippen MR) is 117 cm³/mol. The van der Waals surface area contributed by atoms with Gasteiger partial charge in [0.15, 0.2) is 11.5 Å². The third kappa shape index (κ3) is 4.97. The fourth-order valence-electron chi connectivity index (χ4n) is 3.43. The summed E-state index contributed by atoms with van der Waals surface area (Å²) in [5.41, 5.74) is 3.08. The molecule has 1 heterocycles. The Bertz CT molecular complexity index is 941. The highest BCUT2D eigenvalue weighted by Crippen LogP contribution is 2.36. The summed E-state index contributed by atoms with van der Waals surface area (Å²) in [5.74, 6) is 0.902. The van der Waals surface area contributed by atoms with Gasteiger partial charge in [0.1, 0.15) is 6.04 Å². The molecule has 2 aromatic rings. The van der Waals surface area contributed by atoms with E-state index in [1.165, 1.54) is 6.92 Å².